The van der Waals surface area contributed by atoms with Gasteiger partial charge < -0.3 is 24.8 Å². The summed E-state index contributed by atoms with van der Waals surface area (Å²) >= 11 is 0. The van der Waals surface area contributed by atoms with Gasteiger partial charge in [-0.2, -0.15) is 0 Å². The lowest BCUT2D eigenvalue weighted by Gasteiger charge is -2.67. The fourth-order valence-corrected chi connectivity index (χ4v) is 9.94. The van der Waals surface area contributed by atoms with Gasteiger partial charge in [-0.1, -0.05) is 6.92 Å². The lowest BCUT2D eigenvalue weighted by Crippen LogP contribution is -2.75. The number of methoxy groups -OCH3 is 2. The highest BCUT2D eigenvalue weighted by Gasteiger charge is 2.82. The second-order valence-corrected chi connectivity index (χ2v) is 10.7. The summed E-state index contributed by atoms with van der Waals surface area (Å²) in [5, 5.41) is 34.5. The number of likely N-dealkylation sites (tertiary alicyclic amines) is 1. The summed E-state index contributed by atoms with van der Waals surface area (Å²) in [7, 11) is 3.52. The highest BCUT2D eigenvalue weighted by molar-refractivity contribution is 5.32. The van der Waals surface area contributed by atoms with Crippen LogP contribution in [0.25, 0.3) is 0 Å². The van der Waals surface area contributed by atoms with Crippen LogP contribution >= 0.6 is 0 Å². The van der Waals surface area contributed by atoms with E-state index in [0.29, 0.717) is 18.8 Å². The van der Waals surface area contributed by atoms with Crippen LogP contribution < -0.4 is 0 Å². The summed E-state index contributed by atoms with van der Waals surface area (Å²) < 4.78 is 11.9. The van der Waals surface area contributed by atoms with Crippen molar-refractivity contribution in [1.29, 1.82) is 0 Å². The van der Waals surface area contributed by atoms with Crippen LogP contribution in [0, 0.1) is 40.9 Å². The van der Waals surface area contributed by atoms with Gasteiger partial charge in [-0.05, 0) is 31.2 Å². The van der Waals surface area contributed by atoms with Crippen LogP contribution in [0.15, 0.2) is 0 Å². The van der Waals surface area contributed by atoms with E-state index < -0.39 is 11.7 Å². The molecule has 3 N–H and O–H groups in total. The molecule has 1 spiro atoms. The predicted molar refractivity (Wildman–Crippen MR) is 101 cm³/mol. The van der Waals surface area contributed by atoms with Gasteiger partial charge in [-0.25, -0.2) is 0 Å². The van der Waals surface area contributed by atoms with Crippen LogP contribution in [0.3, 0.4) is 0 Å². The maximum Gasteiger partial charge on any atom is 0.0771 e. The van der Waals surface area contributed by atoms with Crippen molar-refractivity contribution in [3.05, 3.63) is 0 Å². The van der Waals surface area contributed by atoms with Gasteiger partial charge in [0.15, 0.2) is 0 Å². The molecule has 0 aromatic heterocycles. The zero-order valence-electron chi connectivity index (χ0n) is 17.2. The van der Waals surface area contributed by atoms with Crippen molar-refractivity contribution < 1.29 is 24.8 Å². The van der Waals surface area contributed by atoms with E-state index in [2.05, 4.69) is 11.8 Å². The molecule has 158 valence electrons. The summed E-state index contributed by atoms with van der Waals surface area (Å²) in [6.07, 6.45) is 2.27. The molecule has 6 rings (SSSR count). The first-order chi connectivity index (χ1) is 13.4. The van der Waals surface area contributed by atoms with Crippen LogP contribution in [-0.4, -0.2) is 83.6 Å². The smallest absolute Gasteiger partial charge is 0.0771 e. The topological polar surface area (TPSA) is 82.4 Å². The number of aliphatic hydroxyl groups excluding tert-OH is 2. The largest absolute Gasteiger partial charge is 0.393 e. The third-order valence-electron chi connectivity index (χ3n) is 10.5. The zero-order chi connectivity index (χ0) is 19.6. The Labute approximate surface area is 167 Å². The number of nitrogens with zero attached hydrogens (tertiary/aromatic N) is 1. The van der Waals surface area contributed by atoms with E-state index in [4.69, 9.17) is 9.47 Å². The van der Waals surface area contributed by atoms with E-state index in [1.807, 2.05) is 0 Å². The van der Waals surface area contributed by atoms with Crippen molar-refractivity contribution in [2.24, 2.45) is 40.9 Å². The average molecular weight is 394 g/mol. The molecule has 6 fully saturated rings. The molecule has 0 radical (unpaired) electrons. The number of hydrogen-bond donors (Lipinski definition) is 3. The van der Waals surface area contributed by atoms with Gasteiger partial charge >= 0.3 is 0 Å². The molecule has 0 amide bonds. The second kappa shape index (κ2) is 5.71. The van der Waals surface area contributed by atoms with Crippen LogP contribution in [0.5, 0.6) is 0 Å². The molecule has 6 aliphatic rings. The van der Waals surface area contributed by atoms with Gasteiger partial charge in [0.05, 0.1) is 30.0 Å². The Morgan fingerprint density at radius 3 is 2.46 bits per heavy atom. The molecule has 1 heterocycles. The second-order valence-electron chi connectivity index (χ2n) is 10.7. The average Bonchev–Trinajstić information content (AvgIpc) is 3.07. The Morgan fingerprint density at radius 1 is 1.00 bits per heavy atom. The summed E-state index contributed by atoms with van der Waals surface area (Å²) in [6.45, 7) is 4.06. The summed E-state index contributed by atoms with van der Waals surface area (Å²) in [4.78, 5) is 2.54. The third-order valence-corrected chi connectivity index (χ3v) is 10.5. The predicted octanol–water partition coefficient (Wildman–Crippen LogP) is 0.485. The number of rotatable bonds is 3. The number of piperidine rings is 1. The van der Waals surface area contributed by atoms with Gasteiger partial charge in [0, 0.05) is 68.7 Å². The molecule has 0 unspecified atom stereocenters. The van der Waals surface area contributed by atoms with Gasteiger partial charge in [0.1, 0.15) is 0 Å². The molecule has 6 nitrogen and oxygen atoms in total. The molecule has 6 heteroatoms. The number of aliphatic hydroxyl groups is 3. The van der Waals surface area contributed by atoms with Crippen molar-refractivity contribution in [3.63, 3.8) is 0 Å². The van der Waals surface area contributed by atoms with Crippen molar-refractivity contribution in [1.82, 2.24) is 4.90 Å². The molecular weight excluding hydrogens is 358 g/mol. The normalized spacial score (nSPS) is 64.3. The zero-order valence-corrected chi connectivity index (χ0v) is 17.2. The van der Waals surface area contributed by atoms with E-state index in [-0.39, 0.29) is 59.4 Å². The molecule has 1 saturated heterocycles. The molecule has 0 aromatic rings. The maximum atomic E-state index is 12.2. The van der Waals surface area contributed by atoms with Crippen LogP contribution in [-0.2, 0) is 9.47 Å². The minimum atomic E-state index is -0.878. The molecule has 5 aliphatic carbocycles. The first-order valence-electron chi connectivity index (χ1n) is 11.3. The SMILES string of the molecule is CCN1C[C@@H]2[C@H](O)C[C@H](OC)[C@@]34[C@@H]2C[C@@H]([C@@H]13)[C@@]1(O)C[C@H](OC)[C@H]2C[C@@H]4[C@@H]1[C@H]2O. The lowest BCUT2D eigenvalue weighted by molar-refractivity contribution is -0.269. The number of fused-ring (bicyclic) bond motifs is 2. The molecule has 7 bridgehead atoms. The van der Waals surface area contributed by atoms with Crippen molar-refractivity contribution in [2.45, 2.75) is 68.7 Å². The minimum absolute atomic E-state index is 0.00445. The van der Waals surface area contributed by atoms with E-state index >= 15 is 0 Å². The molecule has 0 aromatic carbocycles. The maximum absolute atomic E-state index is 12.2. The summed E-state index contributed by atoms with van der Waals surface area (Å²) in [5.74, 6) is 1.02. The molecule has 13 atom stereocenters. The van der Waals surface area contributed by atoms with E-state index in [1.165, 1.54) is 0 Å². The van der Waals surface area contributed by atoms with Crippen molar-refractivity contribution >= 4 is 0 Å². The summed E-state index contributed by atoms with van der Waals surface area (Å²) in [6, 6.07) is 0.281. The fourth-order valence-electron chi connectivity index (χ4n) is 9.94. The molecule has 28 heavy (non-hydrogen) atoms. The Bertz CT molecular complexity index is 675. The van der Waals surface area contributed by atoms with Gasteiger partial charge in [0.2, 0.25) is 0 Å². The quantitative estimate of drug-likeness (QED) is 0.647. The first kappa shape index (κ1) is 18.5. The van der Waals surface area contributed by atoms with E-state index in [0.717, 1.165) is 25.9 Å². The van der Waals surface area contributed by atoms with Gasteiger partial charge in [0.25, 0.3) is 0 Å². The fraction of sp³-hybridized carbons (Fsp3) is 1.00. The summed E-state index contributed by atoms with van der Waals surface area (Å²) in [5.41, 5.74) is -0.941. The first-order valence-corrected chi connectivity index (χ1v) is 11.3. The highest BCUT2D eigenvalue weighted by Crippen LogP contribution is 2.77. The Kier molecular flexibility index (Phi) is 3.78. The number of hydrogen-bond acceptors (Lipinski definition) is 6. The van der Waals surface area contributed by atoms with Crippen LogP contribution in [0.1, 0.15) is 32.6 Å². The molecular formula is C22H35NO5. The molecule has 1 aliphatic heterocycles. The Hall–Kier alpha value is -0.240. The molecule has 5 saturated carbocycles. The van der Waals surface area contributed by atoms with Gasteiger partial charge in [-0.15, -0.1) is 0 Å². The van der Waals surface area contributed by atoms with Crippen molar-refractivity contribution in [2.75, 3.05) is 27.3 Å². The Morgan fingerprint density at radius 2 is 1.79 bits per heavy atom. The minimum Gasteiger partial charge on any atom is -0.393 e. The lowest BCUT2D eigenvalue weighted by atomic mass is 9.45. The van der Waals surface area contributed by atoms with E-state index in [1.54, 1.807) is 14.2 Å². The number of ether oxygens (including phenoxy) is 2. The van der Waals surface area contributed by atoms with Gasteiger partial charge in [-0.3, -0.25) is 4.90 Å². The van der Waals surface area contributed by atoms with Crippen LogP contribution in [0.2, 0.25) is 0 Å². The third kappa shape index (κ3) is 1.76. The van der Waals surface area contributed by atoms with E-state index in [9.17, 15) is 15.3 Å². The van der Waals surface area contributed by atoms with Crippen LogP contribution in [0.4, 0.5) is 0 Å². The highest BCUT2D eigenvalue weighted by atomic mass is 16.5. The standard InChI is InChI=1S/C22H35NO5/c1-4-23-9-11-12-6-14-20(23)22(12,17(28-3)7-15(11)24)13-5-10-16(27-2)8-21(14,26)18(13)19(10)25/h10-20,24-26H,4-9H2,1-3H3/t10-,11+,12-,13-,14+,15-,16+,17+,18-,19+,20-,21+,22+/m1/s1. The monoisotopic (exact) mass is 393 g/mol. The Balaban J connectivity index is 1.58. The van der Waals surface area contributed by atoms with Crippen molar-refractivity contribution in [3.8, 4) is 0 Å².